The van der Waals surface area contributed by atoms with Crippen LogP contribution in [0.1, 0.15) is 51.3 Å². The summed E-state index contributed by atoms with van der Waals surface area (Å²) in [5, 5.41) is 6.61. The molecule has 1 unspecified atom stereocenters. The molecule has 5 nitrogen and oxygen atoms in total. The summed E-state index contributed by atoms with van der Waals surface area (Å²) in [5.41, 5.74) is 7.50. The Morgan fingerprint density at radius 1 is 1.35 bits per heavy atom. The summed E-state index contributed by atoms with van der Waals surface area (Å²) in [4.78, 5) is 12.0. The van der Waals surface area contributed by atoms with Gasteiger partial charge in [-0.2, -0.15) is 0 Å². The van der Waals surface area contributed by atoms with Crippen LogP contribution < -0.4 is 11.1 Å². The van der Waals surface area contributed by atoms with Crippen LogP contribution in [0.3, 0.4) is 0 Å². The van der Waals surface area contributed by atoms with Gasteiger partial charge in [-0.15, -0.1) is 0 Å². The molecular formula is C15H27N3O2. The van der Waals surface area contributed by atoms with E-state index in [1.165, 1.54) is 0 Å². The molecule has 5 heteroatoms. The van der Waals surface area contributed by atoms with Crippen molar-refractivity contribution >= 4 is 11.8 Å². The van der Waals surface area contributed by atoms with Crippen LogP contribution >= 0.6 is 0 Å². The normalized spacial score (nSPS) is 13.3. The molecule has 0 saturated carbocycles. The maximum atomic E-state index is 12.0. The lowest BCUT2D eigenvalue weighted by Gasteiger charge is -2.30. The summed E-state index contributed by atoms with van der Waals surface area (Å²) < 4.78 is 5.09. The van der Waals surface area contributed by atoms with Crippen molar-refractivity contribution in [3.63, 3.8) is 0 Å². The zero-order valence-electron chi connectivity index (χ0n) is 13.2. The molecule has 1 heterocycles. The van der Waals surface area contributed by atoms with Gasteiger partial charge in [-0.25, -0.2) is 0 Å². The number of carbonyl (C=O) groups excluding carboxylic acids is 1. The molecule has 114 valence electrons. The van der Waals surface area contributed by atoms with Crippen LogP contribution in [0.15, 0.2) is 4.52 Å². The third-order valence-electron chi connectivity index (χ3n) is 3.87. The smallest absolute Gasteiger partial charge is 0.234 e. The van der Waals surface area contributed by atoms with Crippen LogP contribution in [0.4, 0.5) is 5.88 Å². The molecule has 0 saturated heterocycles. The number of aryl methyl sites for hydroxylation is 1. The molecule has 1 atom stereocenters. The fraction of sp³-hybridized carbons (Fsp3) is 0.733. The lowest BCUT2D eigenvalue weighted by atomic mass is 9.76. The van der Waals surface area contributed by atoms with Gasteiger partial charge in [0.1, 0.15) is 0 Å². The van der Waals surface area contributed by atoms with Gasteiger partial charge in [0.15, 0.2) is 0 Å². The topological polar surface area (TPSA) is 81.2 Å². The maximum Gasteiger partial charge on any atom is 0.234 e. The summed E-state index contributed by atoms with van der Waals surface area (Å²) in [6.45, 7) is 11.0. The summed E-state index contributed by atoms with van der Waals surface area (Å²) in [6, 6.07) is 0. The first-order valence-corrected chi connectivity index (χ1v) is 7.18. The number of carbonyl (C=O) groups is 1. The fourth-order valence-electron chi connectivity index (χ4n) is 2.24. The highest BCUT2D eigenvalue weighted by Gasteiger charge is 2.24. The highest BCUT2D eigenvalue weighted by atomic mass is 16.5. The highest BCUT2D eigenvalue weighted by Crippen LogP contribution is 2.32. The lowest BCUT2D eigenvalue weighted by Crippen LogP contribution is -2.25. The van der Waals surface area contributed by atoms with Crippen molar-refractivity contribution in [3.8, 4) is 0 Å². The molecule has 1 aromatic rings. The van der Waals surface area contributed by atoms with Crippen LogP contribution in [0, 0.1) is 25.2 Å². The van der Waals surface area contributed by atoms with Crippen molar-refractivity contribution < 1.29 is 9.32 Å². The first-order valence-electron chi connectivity index (χ1n) is 7.18. The van der Waals surface area contributed by atoms with Gasteiger partial charge in [0.2, 0.25) is 11.8 Å². The summed E-state index contributed by atoms with van der Waals surface area (Å²) in [5.74, 6) is 0.866. The third kappa shape index (κ3) is 4.63. The van der Waals surface area contributed by atoms with Gasteiger partial charge < -0.3 is 10.3 Å². The minimum atomic E-state index is -0.0319. The lowest BCUT2D eigenvalue weighted by molar-refractivity contribution is -0.116. The van der Waals surface area contributed by atoms with Crippen LogP contribution in [0.25, 0.3) is 0 Å². The number of nitrogens with one attached hydrogen (secondary N) is 1. The molecule has 0 aromatic carbocycles. The average molecular weight is 281 g/mol. The molecule has 0 aliphatic carbocycles. The van der Waals surface area contributed by atoms with E-state index < -0.39 is 0 Å². The van der Waals surface area contributed by atoms with Crippen molar-refractivity contribution in [1.29, 1.82) is 0 Å². The van der Waals surface area contributed by atoms with E-state index >= 15 is 0 Å². The van der Waals surface area contributed by atoms with Gasteiger partial charge >= 0.3 is 0 Å². The van der Waals surface area contributed by atoms with E-state index in [0.29, 0.717) is 24.8 Å². The van der Waals surface area contributed by atoms with Gasteiger partial charge in [0.25, 0.3) is 0 Å². The van der Waals surface area contributed by atoms with Crippen LogP contribution in [0.5, 0.6) is 0 Å². The Morgan fingerprint density at radius 3 is 2.45 bits per heavy atom. The SMILES string of the molecule is Cc1noc(NC(=O)CCC(CCN)C(C)(C)C)c1C. The van der Waals surface area contributed by atoms with Crippen molar-refractivity contribution in [2.45, 2.75) is 53.9 Å². The van der Waals surface area contributed by atoms with E-state index in [9.17, 15) is 4.79 Å². The molecular weight excluding hydrogens is 254 g/mol. The third-order valence-corrected chi connectivity index (χ3v) is 3.87. The van der Waals surface area contributed by atoms with Crippen molar-refractivity contribution in [3.05, 3.63) is 11.3 Å². The first-order chi connectivity index (χ1) is 9.25. The molecule has 3 N–H and O–H groups in total. The van der Waals surface area contributed by atoms with E-state index in [0.717, 1.165) is 24.1 Å². The summed E-state index contributed by atoms with van der Waals surface area (Å²) in [7, 11) is 0. The average Bonchev–Trinajstić information content (AvgIpc) is 2.65. The number of rotatable bonds is 6. The van der Waals surface area contributed by atoms with Gasteiger partial charge in [0, 0.05) is 12.0 Å². The van der Waals surface area contributed by atoms with Crippen molar-refractivity contribution in [2.75, 3.05) is 11.9 Å². The zero-order valence-corrected chi connectivity index (χ0v) is 13.2. The Bertz CT molecular complexity index is 446. The minimum absolute atomic E-state index is 0.0319. The monoisotopic (exact) mass is 281 g/mol. The predicted octanol–water partition coefficient (Wildman–Crippen LogP) is 3.02. The molecule has 0 spiro atoms. The number of anilines is 1. The molecule has 20 heavy (non-hydrogen) atoms. The highest BCUT2D eigenvalue weighted by molar-refractivity contribution is 5.89. The van der Waals surface area contributed by atoms with E-state index in [-0.39, 0.29) is 11.3 Å². The largest absolute Gasteiger partial charge is 0.338 e. The number of hydrogen-bond acceptors (Lipinski definition) is 4. The Morgan fingerprint density at radius 2 is 2.00 bits per heavy atom. The second kappa shape index (κ2) is 6.88. The Balaban J connectivity index is 2.52. The fourth-order valence-corrected chi connectivity index (χ4v) is 2.24. The number of aromatic nitrogens is 1. The molecule has 1 rings (SSSR count). The quantitative estimate of drug-likeness (QED) is 0.839. The van der Waals surface area contributed by atoms with Crippen LogP contribution in [-0.2, 0) is 4.79 Å². The van der Waals surface area contributed by atoms with Crippen LogP contribution in [-0.4, -0.2) is 17.6 Å². The maximum absolute atomic E-state index is 12.0. The van der Waals surface area contributed by atoms with Gasteiger partial charge in [-0.05, 0) is 44.6 Å². The molecule has 0 bridgehead atoms. The predicted molar refractivity (Wildman–Crippen MR) is 80.5 cm³/mol. The molecule has 1 amide bonds. The van der Waals surface area contributed by atoms with Gasteiger partial charge in [-0.3, -0.25) is 10.1 Å². The number of nitrogens with two attached hydrogens (primary N) is 1. The Hall–Kier alpha value is -1.36. The first kappa shape index (κ1) is 16.7. The molecule has 0 aliphatic rings. The van der Waals surface area contributed by atoms with Crippen molar-refractivity contribution in [2.24, 2.45) is 17.1 Å². The van der Waals surface area contributed by atoms with Gasteiger partial charge in [-0.1, -0.05) is 25.9 Å². The standard InChI is InChI=1S/C15H27N3O2/c1-10-11(2)18-20-14(10)17-13(19)7-6-12(8-9-16)15(3,4)5/h12H,6-9,16H2,1-5H3,(H,17,19). The van der Waals surface area contributed by atoms with Crippen LogP contribution in [0.2, 0.25) is 0 Å². The molecule has 0 aliphatic heterocycles. The van der Waals surface area contributed by atoms with E-state index in [1.807, 2.05) is 13.8 Å². The zero-order chi connectivity index (χ0) is 15.3. The second-order valence-corrected chi connectivity index (χ2v) is 6.45. The molecule has 1 aromatic heterocycles. The van der Waals surface area contributed by atoms with Crippen molar-refractivity contribution in [1.82, 2.24) is 5.16 Å². The number of nitrogens with zero attached hydrogens (tertiary/aromatic N) is 1. The summed E-state index contributed by atoms with van der Waals surface area (Å²) in [6.07, 6.45) is 2.25. The Labute approximate surface area is 121 Å². The molecule has 0 radical (unpaired) electrons. The second-order valence-electron chi connectivity index (χ2n) is 6.45. The number of amides is 1. The van der Waals surface area contributed by atoms with E-state index in [1.54, 1.807) is 0 Å². The summed E-state index contributed by atoms with van der Waals surface area (Å²) >= 11 is 0. The van der Waals surface area contributed by atoms with Gasteiger partial charge in [0.05, 0.1) is 5.69 Å². The van der Waals surface area contributed by atoms with E-state index in [4.69, 9.17) is 10.3 Å². The minimum Gasteiger partial charge on any atom is -0.338 e. The number of hydrogen-bond donors (Lipinski definition) is 2. The molecule has 0 fully saturated rings. The van der Waals surface area contributed by atoms with E-state index in [2.05, 4.69) is 31.2 Å². The Kier molecular flexibility index (Phi) is 5.74.